The third-order valence-electron chi connectivity index (χ3n) is 2.98. The standard InChI is InChI=1S/C15H15N3S/c1-10-7-11(2)14-13(8-10)17-15(18-14)19-9-12-5-3-4-6-16-12/h3-8H,9H2,1-2H3,(H,17,18). The van der Waals surface area contributed by atoms with Gasteiger partial charge >= 0.3 is 0 Å². The molecule has 3 rings (SSSR count). The van der Waals surface area contributed by atoms with E-state index in [0.29, 0.717) is 0 Å². The Labute approximate surface area is 116 Å². The van der Waals surface area contributed by atoms with Gasteiger partial charge in [0.2, 0.25) is 0 Å². The third-order valence-corrected chi connectivity index (χ3v) is 3.89. The van der Waals surface area contributed by atoms with E-state index in [1.54, 1.807) is 11.8 Å². The van der Waals surface area contributed by atoms with Crippen LogP contribution in [0, 0.1) is 13.8 Å². The number of nitrogens with one attached hydrogen (secondary N) is 1. The molecule has 1 aromatic carbocycles. The topological polar surface area (TPSA) is 41.6 Å². The van der Waals surface area contributed by atoms with Gasteiger partial charge in [0.05, 0.1) is 16.7 Å². The van der Waals surface area contributed by atoms with Crippen LogP contribution in [-0.4, -0.2) is 15.0 Å². The minimum atomic E-state index is 0.832. The predicted molar refractivity (Wildman–Crippen MR) is 79.4 cm³/mol. The Morgan fingerprint density at radius 1 is 1.21 bits per heavy atom. The molecular weight excluding hydrogens is 254 g/mol. The first-order valence-electron chi connectivity index (χ1n) is 6.22. The maximum Gasteiger partial charge on any atom is 0.166 e. The van der Waals surface area contributed by atoms with Crippen LogP contribution >= 0.6 is 11.8 Å². The van der Waals surface area contributed by atoms with E-state index in [1.807, 2.05) is 24.4 Å². The van der Waals surface area contributed by atoms with Crippen LogP contribution in [0.15, 0.2) is 41.7 Å². The number of fused-ring (bicyclic) bond motifs is 1. The molecule has 3 nitrogen and oxygen atoms in total. The first-order valence-corrected chi connectivity index (χ1v) is 7.20. The molecule has 0 unspecified atom stereocenters. The second-order valence-corrected chi connectivity index (χ2v) is 5.59. The first-order chi connectivity index (χ1) is 9.22. The molecule has 0 saturated carbocycles. The largest absolute Gasteiger partial charge is 0.333 e. The molecule has 0 spiro atoms. The average molecular weight is 269 g/mol. The zero-order valence-electron chi connectivity index (χ0n) is 11.0. The number of thioether (sulfide) groups is 1. The minimum Gasteiger partial charge on any atom is -0.333 e. The van der Waals surface area contributed by atoms with Gasteiger partial charge < -0.3 is 4.98 Å². The number of hydrogen-bond donors (Lipinski definition) is 1. The molecule has 2 aromatic heterocycles. The molecule has 0 fully saturated rings. The van der Waals surface area contributed by atoms with Crippen LogP contribution in [0.4, 0.5) is 0 Å². The van der Waals surface area contributed by atoms with E-state index < -0.39 is 0 Å². The molecule has 0 bridgehead atoms. The number of aromatic amines is 1. The fourth-order valence-corrected chi connectivity index (χ4v) is 2.94. The fourth-order valence-electron chi connectivity index (χ4n) is 2.14. The Morgan fingerprint density at radius 3 is 2.89 bits per heavy atom. The monoisotopic (exact) mass is 269 g/mol. The number of aryl methyl sites for hydroxylation is 2. The van der Waals surface area contributed by atoms with Crippen molar-refractivity contribution in [1.29, 1.82) is 0 Å². The van der Waals surface area contributed by atoms with Crippen molar-refractivity contribution in [2.24, 2.45) is 0 Å². The minimum absolute atomic E-state index is 0.832. The van der Waals surface area contributed by atoms with Gasteiger partial charge in [0.15, 0.2) is 5.16 Å². The summed E-state index contributed by atoms with van der Waals surface area (Å²) in [5.41, 5.74) is 5.72. The summed E-state index contributed by atoms with van der Waals surface area (Å²) in [5.74, 6) is 0.832. The van der Waals surface area contributed by atoms with Gasteiger partial charge in [-0.1, -0.05) is 23.9 Å². The smallest absolute Gasteiger partial charge is 0.166 e. The first kappa shape index (κ1) is 12.2. The van der Waals surface area contributed by atoms with E-state index in [4.69, 9.17) is 0 Å². The quantitative estimate of drug-likeness (QED) is 0.734. The highest BCUT2D eigenvalue weighted by atomic mass is 32.2. The van der Waals surface area contributed by atoms with E-state index in [1.165, 1.54) is 11.1 Å². The van der Waals surface area contributed by atoms with E-state index in [2.05, 4.69) is 40.9 Å². The number of hydrogen-bond acceptors (Lipinski definition) is 3. The van der Waals surface area contributed by atoms with Crippen molar-refractivity contribution in [2.45, 2.75) is 24.8 Å². The fraction of sp³-hybridized carbons (Fsp3) is 0.200. The lowest BCUT2D eigenvalue weighted by Gasteiger charge is -1.96. The highest BCUT2D eigenvalue weighted by molar-refractivity contribution is 7.98. The third kappa shape index (κ3) is 2.63. The van der Waals surface area contributed by atoms with E-state index in [-0.39, 0.29) is 0 Å². The van der Waals surface area contributed by atoms with Crippen LogP contribution in [0.5, 0.6) is 0 Å². The molecule has 0 atom stereocenters. The molecule has 1 N–H and O–H groups in total. The summed E-state index contributed by atoms with van der Waals surface area (Å²) in [7, 11) is 0. The Hall–Kier alpha value is -1.81. The summed E-state index contributed by atoms with van der Waals surface area (Å²) < 4.78 is 0. The SMILES string of the molecule is Cc1cc(C)c2nc(SCc3ccccn3)[nH]c2c1. The molecule has 0 amide bonds. The predicted octanol–water partition coefficient (Wildman–Crippen LogP) is 3.87. The molecule has 0 aliphatic carbocycles. The summed E-state index contributed by atoms with van der Waals surface area (Å²) in [4.78, 5) is 12.3. The van der Waals surface area contributed by atoms with Crippen molar-refractivity contribution in [3.05, 3.63) is 53.3 Å². The van der Waals surface area contributed by atoms with Gasteiger partial charge in [-0.3, -0.25) is 4.98 Å². The van der Waals surface area contributed by atoms with Crippen molar-refractivity contribution in [1.82, 2.24) is 15.0 Å². The van der Waals surface area contributed by atoms with Gasteiger partial charge in [0, 0.05) is 11.9 Å². The van der Waals surface area contributed by atoms with Crippen LogP contribution in [0.1, 0.15) is 16.8 Å². The number of benzene rings is 1. The lowest BCUT2D eigenvalue weighted by Crippen LogP contribution is -1.85. The second kappa shape index (κ2) is 5.05. The van der Waals surface area contributed by atoms with Crippen molar-refractivity contribution in [3.8, 4) is 0 Å². The Kier molecular flexibility index (Phi) is 3.25. The number of rotatable bonds is 3. The lowest BCUT2D eigenvalue weighted by atomic mass is 10.1. The van der Waals surface area contributed by atoms with Gasteiger partial charge in [-0.15, -0.1) is 0 Å². The molecule has 96 valence electrons. The Morgan fingerprint density at radius 2 is 2.11 bits per heavy atom. The number of pyridine rings is 1. The van der Waals surface area contributed by atoms with Crippen LogP contribution in [0.25, 0.3) is 11.0 Å². The van der Waals surface area contributed by atoms with Gasteiger partial charge in [0.25, 0.3) is 0 Å². The molecule has 0 aliphatic rings. The maximum absolute atomic E-state index is 4.65. The van der Waals surface area contributed by atoms with E-state index in [9.17, 15) is 0 Å². The molecule has 4 heteroatoms. The van der Waals surface area contributed by atoms with Crippen molar-refractivity contribution in [2.75, 3.05) is 0 Å². The zero-order valence-corrected chi connectivity index (χ0v) is 11.8. The van der Waals surface area contributed by atoms with E-state index in [0.717, 1.165) is 27.6 Å². The number of imidazole rings is 1. The molecule has 0 saturated heterocycles. The molecule has 0 aliphatic heterocycles. The van der Waals surface area contributed by atoms with Crippen LogP contribution in [-0.2, 0) is 5.75 Å². The molecule has 2 heterocycles. The zero-order chi connectivity index (χ0) is 13.2. The van der Waals surface area contributed by atoms with Crippen LogP contribution in [0.2, 0.25) is 0 Å². The van der Waals surface area contributed by atoms with Gasteiger partial charge in [0.1, 0.15) is 0 Å². The van der Waals surface area contributed by atoms with Crippen molar-refractivity contribution >= 4 is 22.8 Å². The van der Waals surface area contributed by atoms with Gasteiger partial charge in [-0.05, 0) is 43.2 Å². The molecule has 0 radical (unpaired) electrons. The normalized spacial score (nSPS) is 11.1. The number of H-pyrrole nitrogens is 1. The van der Waals surface area contributed by atoms with Crippen molar-refractivity contribution < 1.29 is 0 Å². The number of aromatic nitrogens is 3. The molecule has 19 heavy (non-hydrogen) atoms. The average Bonchev–Trinajstić information content (AvgIpc) is 2.81. The molecule has 3 aromatic rings. The van der Waals surface area contributed by atoms with Gasteiger partial charge in [-0.25, -0.2) is 4.98 Å². The molecular formula is C15H15N3S. The van der Waals surface area contributed by atoms with Crippen LogP contribution in [0.3, 0.4) is 0 Å². The highest BCUT2D eigenvalue weighted by Crippen LogP contribution is 2.24. The lowest BCUT2D eigenvalue weighted by molar-refractivity contribution is 1.07. The summed E-state index contributed by atoms with van der Waals surface area (Å²) in [6, 6.07) is 10.3. The maximum atomic E-state index is 4.65. The summed E-state index contributed by atoms with van der Waals surface area (Å²) in [6.45, 7) is 4.21. The summed E-state index contributed by atoms with van der Waals surface area (Å²) in [5, 5.41) is 0.953. The highest BCUT2D eigenvalue weighted by Gasteiger charge is 2.07. The number of nitrogens with zero attached hydrogens (tertiary/aromatic N) is 2. The van der Waals surface area contributed by atoms with Crippen molar-refractivity contribution in [3.63, 3.8) is 0 Å². The van der Waals surface area contributed by atoms with Gasteiger partial charge in [-0.2, -0.15) is 0 Å². The van der Waals surface area contributed by atoms with Crippen LogP contribution < -0.4 is 0 Å². The Balaban J connectivity index is 1.84. The summed E-state index contributed by atoms with van der Waals surface area (Å²) in [6.07, 6.45) is 1.82. The van der Waals surface area contributed by atoms with E-state index >= 15 is 0 Å². The Bertz CT molecular complexity index is 704. The summed E-state index contributed by atoms with van der Waals surface area (Å²) >= 11 is 1.68. The second-order valence-electron chi connectivity index (χ2n) is 4.63.